The smallest absolute Gasteiger partial charge is 0.338 e. The Labute approximate surface area is 214 Å². The second kappa shape index (κ2) is 10.5. The van der Waals surface area contributed by atoms with E-state index in [0.29, 0.717) is 37.7 Å². The lowest BCUT2D eigenvalue weighted by atomic mass is 9.95. The number of allylic oxidation sites excluding steroid dienone is 1. The van der Waals surface area contributed by atoms with Crippen LogP contribution in [0.2, 0.25) is 0 Å². The van der Waals surface area contributed by atoms with Crippen molar-refractivity contribution in [3.8, 4) is 11.5 Å². The van der Waals surface area contributed by atoms with Crippen LogP contribution in [0.5, 0.6) is 11.5 Å². The quantitative estimate of drug-likeness (QED) is 0.454. The van der Waals surface area contributed by atoms with Crippen LogP contribution in [0.25, 0.3) is 6.08 Å². The van der Waals surface area contributed by atoms with E-state index in [1.807, 2.05) is 57.2 Å². The summed E-state index contributed by atoms with van der Waals surface area (Å²) in [4.78, 5) is 32.0. The summed E-state index contributed by atoms with van der Waals surface area (Å²) in [5.74, 6) is 0.598. The second-order valence-electron chi connectivity index (χ2n) is 8.79. The van der Waals surface area contributed by atoms with Crippen LogP contribution >= 0.6 is 11.3 Å². The zero-order chi connectivity index (χ0) is 26.0. The van der Waals surface area contributed by atoms with Gasteiger partial charge in [-0.3, -0.25) is 9.36 Å². The molecule has 1 aliphatic rings. The monoisotopic (exact) mass is 506 g/mol. The number of aromatic nitrogens is 1. The van der Waals surface area contributed by atoms with E-state index in [2.05, 4.69) is 4.99 Å². The van der Waals surface area contributed by atoms with Crippen molar-refractivity contribution in [3.05, 3.63) is 90.1 Å². The van der Waals surface area contributed by atoms with Crippen molar-refractivity contribution in [2.24, 2.45) is 4.99 Å². The van der Waals surface area contributed by atoms with Crippen molar-refractivity contribution in [2.75, 3.05) is 13.7 Å². The highest BCUT2D eigenvalue weighted by Crippen LogP contribution is 2.36. The average Bonchev–Trinajstić information content (AvgIpc) is 3.12. The minimum Gasteiger partial charge on any atom is -0.493 e. The van der Waals surface area contributed by atoms with E-state index in [0.717, 1.165) is 11.1 Å². The molecule has 1 atom stereocenters. The zero-order valence-electron chi connectivity index (χ0n) is 21.3. The van der Waals surface area contributed by atoms with Crippen molar-refractivity contribution in [2.45, 2.75) is 46.8 Å². The Hall–Kier alpha value is -3.65. The van der Waals surface area contributed by atoms with Crippen LogP contribution in [0.3, 0.4) is 0 Å². The SMILES string of the molecule is CCOC(=O)C1=C(C)N=c2s/c(=C\c3cccc(C)c3)c(=O)n2[C@@H]1c1ccc(OC(C)C)c(OC)c1. The van der Waals surface area contributed by atoms with Crippen LogP contribution in [0, 0.1) is 6.92 Å². The predicted molar refractivity (Wildman–Crippen MR) is 140 cm³/mol. The minimum absolute atomic E-state index is 0.0405. The standard InChI is InChI=1S/C28H30N2O5S/c1-7-34-27(32)24-18(5)29-28-30(26(31)23(36-28)14-19-10-8-9-17(4)13-19)25(24)20-11-12-21(35-16(2)3)22(15-20)33-6/h8-16,25H,7H2,1-6H3/b23-14-/t25-/m1/s1. The lowest BCUT2D eigenvalue weighted by molar-refractivity contribution is -0.139. The maximum absolute atomic E-state index is 13.7. The number of aryl methyl sites for hydroxylation is 1. The number of ether oxygens (including phenoxy) is 3. The lowest BCUT2D eigenvalue weighted by Gasteiger charge is -2.25. The van der Waals surface area contributed by atoms with Crippen molar-refractivity contribution in [1.29, 1.82) is 0 Å². The number of hydrogen-bond acceptors (Lipinski definition) is 7. The molecule has 4 rings (SSSR count). The first-order valence-corrected chi connectivity index (χ1v) is 12.7. The van der Waals surface area contributed by atoms with Crippen LogP contribution in [0.1, 0.15) is 50.4 Å². The second-order valence-corrected chi connectivity index (χ2v) is 9.80. The lowest BCUT2D eigenvalue weighted by Crippen LogP contribution is -2.40. The number of carbonyl (C=O) groups is 1. The summed E-state index contributed by atoms with van der Waals surface area (Å²) in [7, 11) is 1.56. The number of methoxy groups -OCH3 is 1. The Kier molecular flexibility index (Phi) is 7.45. The highest BCUT2D eigenvalue weighted by Gasteiger charge is 2.34. The third-order valence-electron chi connectivity index (χ3n) is 5.72. The number of benzene rings is 2. The molecule has 0 saturated heterocycles. The third kappa shape index (κ3) is 4.99. The molecule has 0 saturated carbocycles. The van der Waals surface area contributed by atoms with Crippen LogP contribution in [0.4, 0.5) is 0 Å². The summed E-state index contributed by atoms with van der Waals surface area (Å²) in [6.07, 6.45) is 1.82. The van der Waals surface area contributed by atoms with Gasteiger partial charge in [-0.2, -0.15) is 0 Å². The molecule has 2 aromatic carbocycles. The Balaban J connectivity index is 1.95. The zero-order valence-corrected chi connectivity index (χ0v) is 22.1. The van der Waals surface area contributed by atoms with E-state index >= 15 is 0 Å². The van der Waals surface area contributed by atoms with Gasteiger partial charge in [-0.25, -0.2) is 9.79 Å². The average molecular weight is 507 g/mol. The summed E-state index contributed by atoms with van der Waals surface area (Å²) in [5, 5.41) is 0. The molecule has 1 aromatic heterocycles. The predicted octanol–water partition coefficient (Wildman–Crippen LogP) is 3.90. The van der Waals surface area contributed by atoms with Crippen molar-refractivity contribution < 1.29 is 19.0 Å². The maximum atomic E-state index is 13.7. The molecule has 0 spiro atoms. The van der Waals surface area contributed by atoms with E-state index in [9.17, 15) is 9.59 Å². The van der Waals surface area contributed by atoms with Gasteiger partial charge >= 0.3 is 5.97 Å². The van der Waals surface area contributed by atoms with Crippen LogP contribution in [-0.4, -0.2) is 30.4 Å². The van der Waals surface area contributed by atoms with Crippen LogP contribution in [0.15, 0.2) is 63.5 Å². The Morgan fingerprint density at radius 3 is 2.61 bits per heavy atom. The van der Waals surface area contributed by atoms with E-state index < -0.39 is 12.0 Å². The fourth-order valence-corrected chi connectivity index (χ4v) is 5.27. The number of thiazole rings is 1. The third-order valence-corrected chi connectivity index (χ3v) is 6.71. The fraction of sp³-hybridized carbons (Fsp3) is 0.321. The number of rotatable bonds is 7. The van der Waals surface area contributed by atoms with E-state index in [4.69, 9.17) is 14.2 Å². The topological polar surface area (TPSA) is 79.1 Å². The molecule has 36 heavy (non-hydrogen) atoms. The van der Waals surface area contributed by atoms with Gasteiger partial charge < -0.3 is 14.2 Å². The number of carbonyl (C=O) groups excluding carboxylic acids is 1. The van der Waals surface area contributed by atoms with Gasteiger partial charge in [0.1, 0.15) is 0 Å². The largest absolute Gasteiger partial charge is 0.493 e. The molecule has 7 nitrogen and oxygen atoms in total. The first-order valence-electron chi connectivity index (χ1n) is 11.8. The summed E-state index contributed by atoms with van der Waals surface area (Å²) in [6, 6.07) is 12.7. The molecule has 0 unspecified atom stereocenters. The molecule has 0 aliphatic carbocycles. The van der Waals surface area contributed by atoms with Gasteiger partial charge in [-0.05, 0) is 64.0 Å². The van der Waals surface area contributed by atoms with Crippen LogP contribution < -0.4 is 24.4 Å². The van der Waals surface area contributed by atoms with Gasteiger partial charge in [0.05, 0.1) is 41.7 Å². The Morgan fingerprint density at radius 2 is 1.94 bits per heavy atom. The molecule has 8 heteroatoms. The molecule has 0 N–H and O–H groups in total. The highest BCUT2D eigenvalue weighted by atomic mass is 32.1. The van der Waals surface area contributed by atoms with E-state index in [1.165, 1.54) is 11.3 Å². The van der Waals surface area contributed by atoms with E-state index in [1.54, 1.807) is 37.7 Å². The first-order chi connectivity index (χ1) is 17.2. The van der Waals surface area contributed by atoms with E-state index in [-0.39, 0.29) is 18.3 Å². The molecule has 3 aromatic rings. The Morgan fingerprint density at radius 1 is 1.17 bits per heavy atom. The molecule has 1 aliphatic heterocycles. The summed E-state index contributed by atoms with van der Waals surface area (Å²) in [5.41, 5.74) is 3.35. The van der Waals surface area contributed by atoms with Gasteiger partial charge in [0, 0.05) is 0 Å². The molecule has 2 heterocycles. The van der Waals surface area contributed by atoms with Gasteiger partial charge in [-0.15, -0.1) is 0 Å². The van der Waals surface area contributed by atoms with Gasteiger partial charge in [0.15, 0.2) is 16.3 Å². The van der Waals surface area contributed by atoms with Gasteiger partial charge in [0.2, 0.25) is 0 Å². The number of hydrogen-bond donors (Lipinski definition) is 0. The highest BCUT2D eigenvalue weighted by molar-refractivity contribution is 7.07. The normalized spacial score (nSPS) is 15.5. The molecule has 0 amide bonds. The molecule has 0 radical (unpaired) electrons. The fourth-order valence-electron chi connectivity index (χ4n) is 4.22. The molecule has 0 fully saturated rings. The summed E-state index contributed by atoms with van der Waals surface area (Å²) in [6.45, 7) is 9.61. The van der Waals surface area contributed by atoms with Crippen molar-refractivity contribution in [3.63, 3.8) is 0 Å². The number of fused-ring (bicyclic) bond motifs is 1. The summed E-state index contributed by atoms with van der Waals surface area (Å²) >= 11 is 1.30. The molecular weight excluding hydrogens is 476 g/mol. The maximum Gasteiger partial charge on any atom is 0.338 e. The molecular formula is C28H30N2O5S. The number of nitrogens with zero attached hydrogens (tertiary/aromatic N) is 2. The Bertz CT molecular complexity index is 1510. The van der Waals surface area contributed by atoms with Gasteiger partial charge in [0.25, 0.3) is 5.56 Å². The van der Waals surface area contributed by atoms with Crippen molar-refractivity contribution in [1.82, 2.24) is 4.57 Å². The molecule has 0 bridgehead atoms. The molecule has 188 valence electrons. The first kappa shape index (κ1) is 25.4. The van der Waals surface area contributed by atoms with Crippen LogP contribution in [-0.2, 0) is 9.53 Å². The van der Waals surface area contributed by atoms with Gasteiger partial charge in [-0.1, -0.05) is 47.2 Å². The van der Waals surface area contributed by atoms with Crippen molar-refractivity contribution >= 4 is 23.4 Å². The summed E-state index contributed by atoms with van der Waals surface area (Å²) < 4.78 is 18.9. The number of esters is 1. The minimum atomic E-state index is -0.720.